The minimum absolute atomic E-state index is 0.0885. The van der Waals surface area contributed by atoms with Crippen molar-refractivity contribution in [2.45, 2.75) is 24.8 Å². The number of nitrogens with zero attached hydrogens (tertiary/aromatic N) is 1. The quantitative estimate of drug-likeness (QED) is 0.482. The number of hydrogen-bond acceptors (Lipinski definition) is 4. The number of benzene rings is 1. The number of aliphatic hydroxyl groups excluding tert-OH is 2. The first-order valence-electron chi connectivity index (χ1n) is 5.45. The van der Waals surface area contributed by atoms with Crippen LogP contribution in [0.5, 0.6) is 0 Å². The van der Waals surface area contributed by atoms with Crippen molar-refractivity contribution in [2.24, 2.45) is 0 Å². The molecule has 1 rings (SSSR count). The molecule has 0 heterocycles. The van der Waals surface area contributed by atoms with Crippen molar-refractivity contribution in [1.29, 1.82) is 0 Å². The summed E-state index contributed by atoms with van der Waals surface area (Å²) in [5.41, 5.74) is -2.38. The second kappa shape index (κ2) is 6.51. The zero-order valence-electron chi connectivity index (χ0n) is 9.97. The van der Waals surface area contributed by atoms with Crippen molar-refractivity contribution in [1.82, 2.24) is 0 Å². The highest BCUT2D eigenvalue weighted by atomic mass is 79.9. The van der Waals surface area contributed by atoms with Gasteiger partial charge in [0.15, 0.2) is 0 Å². The lowest BCUT2D eigenvalue weighted by Gasteiger charge is -2.18. The lowest BCUT2D eigenvalue weighted by atomic mass is 9.99. The molecule has 9 heteroatoms. The van der Waals surface area contributed by atoms with Gasteiger partial charge in [-0.25, -0.2) is 0 Å². The molecule has 0 aliphatic carbocycles. The van der Waals surface area contributed by atoms with E-state index in [0.29, 0.717) is 17.5 Å². The molecule has 1 aromatic carbocycles. The van der Waals surface area contributed by atoms with Gasteiger partial charge in [-0.1, -0.05) is 15.9 Å². The number of rotatable bonds is 5. The zero-order valence-corrected chi connectivity index (χ0v) is 11.6. The van der Waals surface area contributed by atoms with Gasteiger partial charge in [-0.2, -0.15) is 13.2 Å². The molecule has 0 aliphatic heterocycles. The molecule has 1 aromatic rings. The molecule has 0 saturated carbocycles. The van der Waals surface area contributed by atoms with Crippen LogP contribution in [0.2, 0.25) is 0 Å². The van der Waals surface area contributed by atoms with Crippen molar-refractivity contribution in [3.8, 4) is 0 Å². The van der Waals surface area contributed by atoms with E-state index in [1.54, 1.807) is 0 Å². The fourth-order valence-electron chi connectivity index (χ4n) is 1.57. The number of aliphatic hydroxyl groups is 2. The maximum atomic E-state index is 12.6. The minimum atomic E-state index is -4.78. The van der Waals surface area contributed by atoms with Crippen molar-refractivity contribution in [3.05, 3.63) is 39.4 Å². The van der Waals surface area contributed by atoms with E-state index in [0.717, 1.165) is 6.07 Å². The van der Waals surface area contributed by atoms with E-state index >= 15 is 0 Å². The van der Waals surface area contributed by atoms with Gasteiger partial charge in [0.1, 0.15) is 6.10 Å². The van der Waals surface area contributed by atoms with E-state index in [4.69, 9.17) is 0 Å². The number of alkyl halides is 4. The molecule has 0 amide bonds. The Bertz CT molecular complexity index is 495. The Hall–Kier alpha value is -1.19. The summed E-state index contributed by atoms with van der Waals surface area (Å²) in [5, 5.41) is 30.3. The molecular weight excluding hydrogens is 347 g/mol. The smallest absolute Gasteiger partial charge is 0.390 e. The molecule has 5 nitrogen and oxygen atoms in total. The van der Waals surface area contributed by atoms with Gasteiger partial charge in [0.05, 0.1) is 16.6 Å². The van der Waals surface area contributed by atoms with E-state index in [-0.39, 0.29) is 12.0 Å². The van der Waals surface area contributed by atoms with Crippen LogP contribution in [-0.4, -0.2) is 26.6 Å². The van der Waals surface area contributed by atoms with Gasteiger partial charge >= 0.3 is 6.18 Å². The molecular formula is C11H11BrF3NO4. The number of nitro benzene ring substituents is 1. The summed E-state index contributed by atoms with van der Waals surface area (Å²) in [6, 6.07) is 1.79. The average Bonchev–Trinajstić information content (AvgIpc) is 2.36. The molecule has 0 spiro atoms. The predicted molar refractivity (Wildman–Crippen MR) is 67.5 cm³/mol. The molecule has 0 aromatic heterocycles. The van der Waals surface area contributed by atoms with Gasteiger partial charge in [0, 0.05) is 17.5 Å². The molecule has 2 unspecified atom stereocenters. The number of nitro groups is 1. The fourth-order valence-corrected chi connectivity index (χ4v) is 2.04. The van der Waals surface area contributed by atoms with Crippen LogP contribution < -0.4 is 0 Å². The summed E-state index contributed by atoms with van der Waals surface area (Å²) < 4.78 is 37.9. The molecule has 0 fully saturated rings. The molecule has 0 radical (unpaired) electrons. The molecule has 2 atom stereocenters. The first kappa shape index (κ1) is 16.9. The highest BCUT2D eigenvalue weighted by Gasteiger charge is 2.34. The van der Waals surface area contributed by atoms with E-state index in [1.807, 2.05) is 0 Å². The van der Waals surface area contributed by atoms with Gasteiger partial charge in [0.25, 0.3) is 5.69 Å². The van der Waals surface area contributed by atoms with Crippen LogP contribution in [0.3, 0.4) is 0 Å². The summed E-state index contributed by atoms with van der Waals surface area (Å²) in [6.45, 7) is 0. The second-order valence-corrected chi connectivity index (χ2v) is 4.85. The molecule has 112 valence electrons. The lowest BCUT2D eigenvalue weighted by molar-refractivity contribution is -0.385. The zero-order chi connectivity index (χ0) is 15.5. The Morgan fingerprint density at radius 1 is 1.30 bits per heavy atom. The standard InChI is InChI=1S/C11H11BrF3NO4/c12-2-1-9(17)10(18)6-3-7(11(13,14)15)5-8(4-6)16(19)20/h3-5,9-10,17-18H,1-2H2. The maximum absolute atomic E-state index is 12.6. The monoisotopic (exact) mass is 357 g/mol. The summed E-state index contributed by atoms with van der Waals surface area (Å²) in [7, 11) is 0. The van der Waals surface area contributed by atoms with Crippen LogP contribution in [0.15, 0.2) is 18.2 Å². The van der Waals surface area contributed by atoms with E-state index in [2.05, 4.69) is 15.9 Å². The van der Waals surface area contributed by atoms with Crippen molar-refractivity contribution >= 4 is 21.6 Å². The van der Waals surface area contributed by atoms with E-state index in [1.165, 1.54) is 0 Å². The number of halogens is 4. The van der Waals surface area contributed by atoms with Crippen LogP contribution >= 0.6 is 15.9 Å². The van der Waals surface area contributed by atoms with E-state index < -0.39 is 34.6 Å². The van der Waals surface area contributed by atoms with Crippen LogP contribution in [0, 0.1) is 10.1 Å². The third-order valence-electron chi connectivity index (χ3n) is 2.59. The summed E-state index contributed by atoms with van der Waals surface area (Å²) in [6.07, 6.45) is -7.64. The molecule has 2 N–H and O–H groups in total. The Morgan fingerprint density at radius 2 is 1.90 bits per heavy atom. The Labute approximate surface area is 120 Å². The fraction of sp³-hybridized carbons (Fsp3) is 0.455. The van der Waals surface area contributed by atoms with Crippen LogP contribution in [0.25, 0.3) is 0 Å². The molecule has 0 aliphatic rings. The van der Waals surface area contributed by atoms with Crippen molar-refractivity contribution in [2.75, 3.05) is 5.33 Å². The van der Waals surface area contributed by atoms with Gasteiger partial charge in [-0.15, -0.1) is 0 Å². The van der Waals surface area contributed by atoms with Gasteiger partial charge in [-0.05, 0) is 18.1 Å². The van der Waals surface area contributed by atoms with Gasteiger partial charge in [-0.3, -0.25) is 10.1 Å². The summed E-state index contributed by atoms with van der Waals surface area (Å²) in [5.74, 6) is 0. The molecule has 0 bridgehead atoms. The van der Waals surface area contributed by atoms with Crippen molar-refractivity contribution in [3.63, 3.8) is 0 Å². The SMILES string of the molecule is O=[N+]([O-])c1cc(C(O)C(O)CCBr)cc(C(F)(F)F)c1. The second-order valence-electron chi connectivity index (χ2n) is 4.06. The Balaban J connectivity index is 3.25. The van der Waals surface area contributed by atoms with Gasteiger partial charge < -0.3 is 10.2 Å². The first-order chi connectivity index (χ1) is 9.16. The molecule has 0 saturated heterocycles. The summed E-state index contributed by atoms with van der Waals surface area (Å²) in [4.78, 5) is 9.65. The Morgan fingerprint density at radius 3 is 2.35 bits per heavy atom. The topological polar surface area (TPSA) is 83.6 Å². The Kier molecular flexibility index (Phi) is 5.49. The highest BCUT2D eigenvalue weighted by molar-refractivity contribution is 9.09. The predicted octanol–water partition coefficient (Wildman–Crippen LogP) is 2.79. The number of hydrogen-bond donors (Lipinski definition) is 2. The normalized spacial score (nSPS) is 14.9. The third-order valence-corrected chi connectivity index (χ3v) is 3.05. The first-order valence-corrected chi connectivity index (χ1v) is 6.57. The summed E-state index contributed by atoms with van der Waals surface area (Å²) >= 11 is 3.02. The number of non-ortho nitro benzene ring substituents is 1. The largest absolute Gasteiger partial charge is 0.416 e. The van der Waals surface area contributed by atoms with E-state index in [9.17, 15) is 33.5 Å². The molecule has 20 heavy (non-hydrogen) atoms. The maximum Gasteiger partial charge on any atom is 0.416 e. The van der Waals surface area contributed by atoms with Gasteiger partial charge in [0.2, 0.25) is 0 Å². The van der Waals surface area contributed by atoms with Crippen LogP contribution in [-0.2, 0) is 6.18 Å². The minimum Gasteiger partial charge on any atom is -0.390 e. The average molecular weight is 358 g/mol. The van der Waals surface area contributed by atoms with Crippen molar-refractivity contribution < 1.29 is 28.3 Å². The van der Waals surface area contributed by atoms with Crippen LogP contribution in [0.4, 0.5) is 18.9 Å². The third kappa shape index (κ3) is 4.15. The van der Waals surface area contributed by atoms with Crippen LogP contribution in [0.1, 0.15) is 23.7 Å². The lowest BCUT2D eigenvalue weighted by Crippen LogP contribution is -2.19. The highest BCUT2D eigenvalue weighted by Crippen LogP contribution is 2.34.